The average Bonchev–Trinajstić information content (AvgIpc) is 3.23. The highest BCUT2D eigenvalue weighted by atomic mass is 16.5. The molecule has 0 N–H and O–H groups in total. The van der Waals surface area contributed by atoms with Crippen molar-refractivity contribution in [1.29, 1.82) is 0 Å². The van der Waals surface area contributed by atoms with Crippen LogP contribution in [0.25, 0.3) is 0 Å². The Labute approximate surface area is 206 Å². The molecule has 35 heavy (non-hydrogen) atoms. The number of rotatable bonds is 6. The lowest BCUT2D eigenvalue weighted by molar-refractivity contribution is 0.389. The van der Waals surface area contributed by atoms with E-state index in [1.54, 1.807) is 0 Å². The fourth-order valence-corrected chi connectivity index (χ4v) is 4.23. The zero-order valence-electron chi connectivity index (χ0n) is 20.4. The van der Waals surface area contributed by atoms with Gasteiger partial charge in [-0.25, -0.2) is 10.0 Å². The van der Waals surface area contributed by atoms with Crippen LogP contribution in [-0.4, -0.2) is 0 Å². The van der Waals surface area contributed by atoms with Gasteiger partial charge in [-0.05, 0) is 74.2 Å². The second-order valence-electron chi connectivity index (χ2n) is 8.68. The highest BCUT2D eigenvalue weighted by Crippen LogP contribution is 2.37. The summed E-state index contributed by atoms with van der Waals surface area (Å²) < 4.78 is 13.1. The Bertz CT molecular complexity index is 1270. The molecule has 0 spiro atoms. The number of aryl methyl sites for hydroxylation is 4. The predicted octanol–water partition coefficient (Wildman–Crippen LogP) is 7.60. The van der Waals surface area contributed by atoms with E-state index in [9.17, 15) is 0 Å². The Hall–Kier alpha value is -4.40. The minimum absolute atomic E-state index is 0.540. The number of benzene rings is 4. The Morgan fingerprint density at radius 3 is 1.14 bits per heavy atom. The molecule has 0 saturated carbocycles. The van der Waals surface area contributed by atoms with Crippen molar-refractivity contribution in [3.63, 3.8) is 0 Å². The summed E-state index contributed by atoms with van der Waals surface area (Å²) in [6, 6.07) is 32.5. The van der Waals surface area contributed by atoms with E-state index in [1.807, 2.05) is 82.8 Å². The van der Waals surface area contributed by atoms with E-state index in [4.69, 9.17) is 9.47 Å². The van der Waals surface area contributed by atoms with Gasteiger partial charge in [-0.15, -0.1) is 0 Å². The van der Waals surface area contributed by atoms with Gasteiger partial charge < -0.3 is 9.47 Å². The second-order valence-corrected chi connectivity index (χ2v) is 8.68. The van der Waals surface area contributed by atoms with Crippen LogP contribution in [0.3, 0.4) is 0 Å². The maximum atomic E-state index is 6.57. The molecule has 0 bridgehead atoms. The lowest BCUT2D eigenvalue weighted by Crippen LogP contribution is -2.41. The zero-order valence-corrected chi connectivity index (χ0v) is 20.4. The topological polar surface area (TPSA) is 24.9 Å². The monoisotopic (exact) mass is 460 g/mol. The molecule has 1 aliphatic rings. The molecule has 4 nitrogen and oxygen atoms in total. The van der Waals surface area contributed by atoms with Crippen LogP contribution < -0.4 is 19.5 Å². The van der Waals surface area contributed by atoms with E-state index in [0.717, 1.165) is 45.1 Å². The lowest BCUT2D eigenvalue weighted by atomic mass is 10.1. The third-order valence-corrected chi connectivity index (χ3v) is 6.02. The van der Waals surface area contributed by atoms with Crippen molar-refractivity contribution >= 4 is 11.4 Å². The van der Waals surface area contributed by atoms with Gasteiger partial charge in [-0.1, -0.05) is 72.8 Å². The van der Waals surface area contributed by atoms with E-state index in [-0.39, 0.29) is 0 Å². The molecule has 1 aliphatic heterocycles. The Morgan fingerprint density at radius 2 is 0.800 bits per heavy atom. The second kappa shape index (κ2) is 9.46. The fraction of sp³-hybridized carbons (Fsp3) is 0.129. The summed E-state index contributed by atoms with van der Waals surface area (Å²) in [7, 11) is 0. The summed E-state index contributed by atoms with van der Waals surface area (Å²) >= 11 is 0. The van der Waals surface area contributed by atoms with Crippen molar-refractivity contribution in [2.24, 2.45) is 0 Å². The van der Waals surface area contributed by atoms with E-state index in [0.29, 0.717) is 11.8 Å². The molecule has 4 heteroatoms. The zero-order chi connectivity index (χ0) is 24.4. The molecule has 0 aliphatic carbocycles. The van der Waals surface area contributed by atoms with Gasteiger partial charge in [-0.3, -0.25) is 0 Å². The Morgan fingerprint density at radius 1 is 0.457 bits per heavy atom. The van der Waals surface area contributed by atoms with Crippen molar-refractivity contribution < 1.29 is 9.47 Å². The number of hydrogen-bond donors (Lipinski definition) is 0. The number of anilines is 2. The Balaban J connectivity index is 1.68. The summed E-state index contributed by atoms with van der Waals surface area (Å²) in [6.45, 7) is 8.21. The number of para-hydroxylation sites is 4. The molecule has 5 rings (SSSR count). The van der Waals surface area contributed by atoms with Gasteiger partial charge in [0.15, 0.2) is 0 Å². The van der Waals surface area contributed by atoms with E-state index < -0.39 is 0 Å². The van der Waals surface area contributed by atoms with Gasteiger partial charge in [0.25, 0.3) is 11.8 Å². The molecule has 0 saturated heterocycles. The quantitative estimate of drug-likeness (QED) is 0.277. The normalized spacial score (nSPS) is 12.9. The van der Waals surface area contributed by atoms with Crippen LogP contribution in [-0.2, 0) is 0 Å². The van der Waals surface area contributed by atoms with E-state index in [1.165, 1.54) is 0 Å². The molecular formula is C31H28N2O2. The van der Waals surface area contributed by atoms with Gasteiger partial charge in [0, 0.05) is 5.73 Å². The van der Waals surface area contributed by atoms with Gasteiger partial charge in [0.1, 0.15) is 11.5 Å². The molecule has 0 radical (unpaired) electrons. The first-order valence-electron chi connectivity index (χ1n) is 11.7. The largest absolute Gasteiger partial charge is 0.432 e. The molecule has 0 atom stereocenters. The van der Waals surface area contributed by atoms with Crippen molar-refractivity contribution in [2.45, 2.75) is 27.7 Å². The minimum Gasteiger partial charge on any atom is -0.432 e. The summed E-state index contributed by atoms with van der Waals surface area (Å²) in [5.74, 6) is 2.71. The van der Waals surface area contributed by atoms with Crippen molar-refractivity contribution in [3.8, 4) is 11.5 Å². The molecular weight excluding hydrogens is 432 g/mol. The molecule has 0 amide bonds. The minimum atomic E-state index is 0.540. The van der Waals surface area contributed by atoms with Gasteiger partial charge in [-0.2, -0.15) is 0 Å². The lowest BCUT2D eigenvalue weighted by Gasteiger charge is -2.34. The SMILES string of the molecule is Cc1cccc(C)c1OC1=C=C(Oc2c(C)cccc2C)N(c2ccccc2)N1c1ccccc1. The van der Waals surface area contributed by atoms with Crippen molar-refractivity contribution in [1.82, 2.24) is 0 Å². The summed E-state index contributed by atoms with van der Waals surface area (Å²) in [4.78, 5) is 0. The van der Waals surface area contributed by atoms with Gasteiger partial charge in [0.05, 0.1) is 11.4 Å². The highest BCUT2D eigenvalue weighted by Gasteiger charge is 2.34. The van der Waals surface area contributed by atoms with Crippen molar-refractivity contribution in [2.75, 3.05) is 10.0 Å². The Kier molecular flexibility index (Phi) is 6.05. The number of hydrogen-bond acceptors (Lipinski definition) is 4. The van der Waals surface area contributed by atoms with Gasteiger partial charge >= 0.3 is 0 Å². The summed E-state index contributed by atoms with van der Waals surface area (Å²) in [5, 5.41) is 4.01. The number of hydrazine groups is 1. The average molecular weight is 461 g/mol. The van der Waals surface area contributed by atoms with Crippen LogP contribution in [0, 0.1) is 27.7 Å². The standard InChI is InChI=1S/C31H28N2O2/c1-22-13-11-14-23(2)30(22)34-28-21-29(35-31-24(3)15-12-16-25(31)4)33(27-19-9-6-10-20-27)32(28)26-17-7-5-8-18-26/h5-20H,1-4H3. The summed E-state index contributed by atoms with van der Waals surface area (Å²) in [6.07, 6.45) is 0. The van der Waals surface area contributed by atoms with Crippen LogP contribution in [0.4, 0.5) is 11.4 Å². The number of nitrogens with zero attached hydrogens (tertiary/aromatic N) is 2. The third-order valence-electron chi connectivity index (χ3n) is 6.02. The van der Waals surface area contributed by atoms with Crippen LogP contribution in [0.5, 0.6) is 11.5 Å². The molecule has 174 valence electrons. The molecule has 1 heterocycles. The number of ether oxygens (including phenoxy) is 2. The molecule has 0 fully saturated rings. The van der Waals surface area contributed by atoms with E-state index >= 15 is 0 Å². The van der Waals surface area contributed by atoms with Crippen LogP contribution >= 0.6 is 0 Å². The van der Waals surface area contributed by atoms with Gasteiger partial charge in [0.2, 0.25) is 0 Å². The fourth-order valence-electron chi connectivity index (χ4n) is 4.23. The first-order valence-corrected chi connectivity index (χ1v) is 11.7. The first kappa shape index (κ1) is 22.4. The van der Waals surface area contributed by atoms with Crippen molar-refractivity contribution in [3.05, 3.63) is 137 Å². The van der Waals surface area contributed by atoms with E-state index in [2.05, 4.69) is 57.7 Å². The maximum absolute atomic E-state index is 6.57. The predicted molar refractivity (Wildman–Crippen MR) is 141 cm³/mol. The molecule has 0 unspecified atom stereocenters. The molecule has 4 aromatic carbocycles. The maximum Gasteiger partial charge on any atom is 0.271 e. The molecule has 0 aromatic heterocycles. The molecule has 4 aromatic rings. The smallest absolute Gasteiger partial charge is 0.271 e. The van der Waals surface area contributed by atoms with Crippen LogP contribution in [0.2, 0.25) is 0 Å². The van der Waals surface area contributed by atoms with Crippen LogP contribution in [0.1, 0.15) is 22.3 Å². The first-order chi connectivity index (χ1) is 17.0. The summed E-state index contributed by atoms with van der Waals surface area (Å²) in [5.41, 5.74) is 9.54. The highest BCUT2D eigenvalue weighted by molar-refractivity contribution is 5.67. The third kappa shape index (κ3) is 4.40. The van der Waals surface area contributed by atoms with Crippen LogP contribution in [0.15, 0.2) is 115 Å².